The van der Waals surface area contributed by atoms with Crippen LogP contribution in [0, 0.1) is 11.6 Å². The van der Waals surface area contributed by atoms with Gasteiger partial charge in [-0.15, -0.1) is 0 Å². The topological polar surface area (TPSA) is 44.4 Å². The van der Waals surface area contributed by atoms with E-state index in [2.05, 4.69) is 15.5 Å². The van der Waals surface area contributed by atoms with Crippen LogP contribution in [0.25, 0.3) is 0 Å². The molecule has 1 aromatic rings. The van der Waals surface area contributed by atoms with Gasteiger partial charge in [0.15, 0.2) is 11.6 Å². The van der Waals surface area contributed by atoms with Gasteiger partial charge in [-0.05, 0) is 25.0 Å². The molecule has 126 valence electrons. The van der Waals surface area contributed by atoms with E-state index in [0.717, 1.165) is 44.6 Å². The Balaban J connectivity index is 1.64. The molecule has 1 amide bonds. The van der Waals surface area contributed by atoms with E-state index in [1.165, 1.54) is 25.3 Å². The zero-order valence-electron chi connectivity index (χ0n) is 13.2. The molecule has 1 aromatic carbocycles. The van der Waals surface area contributed by atoms with Crippen molar-refractivity contribution in [2.75, 3.05) is 31.5 Å². The van der Waals surface area contributed by atoms with Gasteiger partial charge in [0.2, 0.25) is 5.91 Å². The lowest BCUT2D eigenvalue weighted by atomic mass is 9.79. The van der Waals surface area contributed by atoms with Gasteiger partial charge in [-0.25, -0.2) is 8.78 Å². The summed E-state index contributed by atoms with van der Waals surface area (Å²) >= 11 is 0. The normalized spacial score (nSPS) is 21.3. The number of piperazine rings is 1. The first-order chi connectivity index (χ1) is 11.1. The Morgan fingerprint density at radius 3 is 2.74 bits per heavy atom. The molecule has 4 nitrogen and oxygen atoms in total. The zero-order chi connectivity index (χ0) is 16.3. The first-order valence-corrected chi connectivity index (χ1v) is 8.30. The Hall–Kier alpha value is -1.53. The average Bonchev–Trinajstić information content (AvgIpc) is 2.54. The van der Waals surface area contributed by atoms with Gasteiger partial charge in [0, 0.05) is 36.9 Å². The number of hydrogen-bond donors (Lipinski definition) is 2. The van der Waals surface area contributed by atoms with Crippen LogP contribution in [0.2, 0.25) is 0 Å². The van der Waals surface area contributed by atoms with Gasteiger partial charge < -0.3 is 10.6 Å². The van der Waals surface area contributed by atoms with E-state index in [9.17, 15) is 13.6 Å². The van der Waals surface area contributed by atoms with Crippen molar-refractivity contribution >= 4 is 11.6 Å². The lowest BCUT2D eigenvalue weighted by Gasteiger charge is -2.49. The minimum absolute atomic E-state index is 0.0713. The molecule has 1 aliphatic carbocycles. The van der Waals surface area contributed by atoms with Crippen LogP contribution in [-0.4, -0.2) is 42.5 Å². The van der Waals surface area contributed by atoms with Crippen molar-refractivity contribution in [1.82, 2.24) is 10.2 Å². The van der Waals surface area contributed by atoms with E-state index < -0.39 is 11.6 Å². The number of rotatable bonds is 3. The Kier molecular flexibility index (Phi) is 4.92. The van der Waals surface area contributed by atoms with E-state index in [0.29, 0.717) is 12.2 Å². The molecule has 3 rings (SSSR count). The largest absolute Gasteiger partial charge is 0.325 e. The van der Waals surface area contributed by atoms with E-state index in [-0.39, 0.29) is 11.4 Å². The maximum absolute atomic E-state index is 13.2. The summed E-state index contributed by atoms with van der Waals surface area (Å²) in [5, 5.41) is 6.12. The van der Waals surface area contributed by atoms with Crippen LogP contribution in [0.15, 0.2) is 18.2 Å². The number of nitrogens with one attached hydrogen (secondary N) is 2. The average molecular weight is 323 g/mol. The molecular weight excluding hydrogens is 300 g/mol. The third-order valence-electron chi connectivity index (χ3n) is 5.01. The van der Waals surface area contributed by atoms with Gasteiger partial charge in [-0.1, -0.05) is 19.3 Å². The number of nitrogens with zero attached hydrogens (tertiary/aromatic N) is 1. The third-order valence-corrected chi connectivity index (χ3v) is 5.01. The van der Waals surface area contributed by atoms with Gasteiger partial charge >= 0.3 is 0 Å². The van der Waals surface area contributed by atoms with Gasteiger partial charge in [0.1, 0.15) is 0 Å². The fourth-order valence-corrected chi connectivity index (χ4v) is 3.78. The molecule has 1 aliphatic heterocycles. The second-order valence-corrected chi connectivity index (χ2v) is 6.56. The number of carbonyl (C=O) groups excluding carboxylic acids is 1. The van der Waals surface area contributed by atoms with Crippen molar-refractivity contribution in [3.05, 3.63) is 29.8 Å². The van der Waals surface area contributed by atoms with Gasteiger partial charge in [0.05, 0.1) is 6.54 Å². The van der Waals surface area contributed by atoms with E-state index >= 15 is 0 Å². The molecule has 6 heteroatoms. The summed E-state index contributed by atoms with van der Waals surface area (Å²) < 4.78 is 26.2. The van der Waals surface area contributed by atoms with Gasteiger partial charge in [0.25, 0.3) is 0 Å². The minimum atomic E-state index is -0.950. The first kappa shape index (κ1) is 16.3. The molecule has 1 saturated carbocycles. The predicted octanol–water partition coefficient (Wildman–Crippen LogP) is 2.51. The number of amides is 1. The molecular formula is C17H23F2N3O. The quantitative estimate of drug-likeness (QED) is 0.898. The van der Waals surface area contributed by atoms with Crippen LogP contribution in [0.4, 0.5) is 14.5 Å². The van der Waals surface area contributed by atoms with Crippen LogP contribution >= 0.6 is 0 Å². The lowest BCUT2D eigenvalue weighted by Crippen LogP contribution is -2.63. The highest BCUT2D eigenvalue weighted by atomic mass is 19.2. The Morgan fingerprint density at radius 2 is 2.00 bits per heavy atom. The number of hydrogen-bond acceptors (Lipinski definition) is 3. The van der Waals surface area contributed by atoms with Crippen molar-refractivity contribution in [3.63, 3.8) is 0 Å². The Morgan fingerprint density at radius 1 is 1.22 bits per heavy atom. The smallest absolute Gasteiger partial charge is 0.238 e. The highest BCUT2D eigenvalue weighted by molar-refractivity contribution is 5.92. The first-order valence-electron chi connectivity index (χ1n) is 8.30. The summed E-state index contributed by atoms with van der Waals surface area (Å²) in [6.45, 7) is 2.93. The molecule has 1 saturated heterocycles. The van der Waals surface area contributed by atoms with Crippen LogP contribution in [0.3, 0.4) is 0 Å². The third kappa shape index (κ3) is 3.70. The molecule has 23 heavy (non-hydrogen) atoms. The second kappa shape index (κ2) is 6.93. The standard InChI is InChI=1S/C17H23F2N3O/c18-14-5-4-13(10-15(14)19)21-16(23)11-22-9-8-20-12-17(22)6-2-1-3-7-17/h4-5,10,20H,1-3,6-9,11-12H2,(H,21,23). The SMILES string of the molecule is O=C(CN1CCNCC12CCCCC2)Nc1ccc(F)c(F)c1. The minimum Gasteiger partial charge on any atom is -0.325 e. The summed E-state index contributed by atoms with van der Waals surface area (Å²) in [6.07, 6.45) is 5.87. The van der Waals surface area contributed by atoms with Crippen molar-refractivity contribution in [2.45, 2.75) is 37.6 Å². The summed E-state index contributed by atoms with van der Waals surface area (Å²) in [7, 11) is 0. The van der Waals surface area contributed by atoms with Crippen LogP contribution in [0.1, 0.15) is 32.1 Å². The van der Waals surface area contributed by atoms with Crippen molar-refractivity contribution in [3.8, 4) is 0 Å². The number of benzene rings is 1. The Labute approximate surface area is 135 Å². The fourth-order valence-electron chi connectivity index (χ4n) is 3.78. The molecule has 0 radical (unpaired) electrons. The van der Waals surface area contributed by atoms with Crippen LogP contribution in [-0.2, 0) is 4.79 Å². The lowest BCUT2D eigenvalue weighted by molar-refractivity contribution is -0.120. The van der Waals surface area contributed by atoms with Crippen LogP contribution in [0.5, 0.6) is 0 Å². The molecule has 0 aromatic heterocycles. The summed E-state index contributed by atoms with van der Waals surface area (Å²) in [6, 6.07) is 3.42. The molecule has 1 heterocycles. The highest BCUT2D eigenvalue weighted by Gasteiger charge is 2.40. The number of carbonyl (C=O) groups is 1. The molecule has 0 unspecified atom stereocenters. The molecule has 0 atom stereocenters. The molecule has 2 fully saturated rings. The highest BCUT2D eigenvalue weighted by Crippen LogP contribution is 2.34. The maximum atomic E-state index is 13.2. The van der Waals surface area contributed by atoms with Gasteiger partial charge in [-0.2, -0.15) is 0 Å². The maximum Gasteiger partial charge on any atom is 0.238 e. The molecule has 2 N–H and O–H groups in total. The molecule has 2 aliphatic rings. The zero-order valence-corrected chi connectivity index (χ0v) is 13.2. The van der Waals surface area contributed by atoms with Crippen molar-refractivity contribution in [1.29, 1.82) is 0 Å². The second-order valence-electron chi connectivity index (χ2n) is 6.56. The summed E-state index contributed by atoms with van der Waals surface area (Å²) in [5.41, 5.74) is 0.365. The fraction of sp³-hybridized carbons (Fsp3) is 0.588. The number of halogens is 2. The predicted molar refractivity (Wildman–Crippen MR) is 85.2 cm³/mol. The van der Waals surface area contributed by atoms with E-state index in [1.54, 1.807) is 0 Å². The molecule has 0 bridgehead atoms. The number of anilines is 1. The van der Waals surface area contributed by atoms with Gasteiger partial charge in [-0.3, -0.25) is 9.69 Å². The van der Waals surface area contributed by atoms with Crippen molar-refractivity contribution < 1.29 is 13.6 Å². The summed E-state index contributed by atoms with van der Waals surface area (Å²) in [5.74, 6) is -2.04. The van der Waals surface area contributed by atoms with E-state index in [4.69, 9.17) is 0 Å². The molecule has 1 spiro atoms. The monoisotopic (exact) mass is 323 g/mol. The van der Waals surface area contributed by atoms with Crippen molar-refractivity contribution in [2.24, 2.45) is 0 Å². The Bertz CT molecular complexity index is 565. The summed E-state index contributed by atoms with van der Waals surface area (Å²) in [4.78, 5) is 14.6. The van der Waals surface area contributed by atoms with E-state index in [1.807, 2.05) is 0 Å². The van der Waals surface area contributed by atoms with Crippen LogP contribution < -0.4 is 10.6 Å².